The molecule has 0 amide bonds. The van der Waals surface area contributed by atoms with E-state index in [2.05, 4.69) is 31.2 Å². The predicted molar refractivity (Wildman–Crippen MR) is 113 cm³/mol. The zero-order valence-corrected chi connectivity index (χ0v) is 17.3. The number of fused-ring (bicyclic) bond motifs is 1. The van der Waals surface area contributed by atoms with E-state index >= 15 is 0 Å². The van der Waals surface area contributed by atoms with Crippen molar-refractivity contribution in [1.82, 2.24) is 4.31 Å². The SMILES string of the molecule is Cc1ccc(S(=O)(=O)N2CCc3ccc(C)cc3C2c2cccc(C)c2)cc1. The zero-order chi connectivity index (χ0) is 19.9. The molecule has 4 rings (SSSR count). The summed E-state index contributed by atoms with van der Waals surface area (Å²) in [5.41, 5.74) is 6.66. The Morgan fingerprint density at radius 1 is 0.821 bits per heavy atom. The molecule has 0 bridgehead atoms. The van der Waals surface area contributed by atoms with Gasteiger partial charge in [-0.15, -0.1) is 0 Å². The summed E-state index contributed by atoms with van der Waals surface area (Å²) in [5.74, 6) is 0. The lowest BCUT2D eigenvalue weighted by atomic mass is 9.88. The van der Waals surface area contributed by atoms with Gasteiger partial charge in [-0.1, -0.05) is 71.3 Å². The third-order valence-electron chi connectivity index (χ3n) is 5.47. The first-order chi connectivity index (χ1) is 13.4. The van der Waals surface area contributed by atoms with Gasteiger partial charge in [0.05, 0.1) is 10.9 Å². The number of nitrogens with zero attached hydrogens (tertiary/aromatic N) is 1. The maximum absolute atomic E-state index is 13.6. The minimum Gasteiger partial charge on any atom is -0.207 e. The summed E-state index contributed by atoms with van der Waals surface area (Å²) in [6.07, 6.45) is 0.725. The third-order valence-corrected chi connectivity index (χ3v) is 7.35. The lowest BCUT2D eigenvalue weighted by Crippen LogP contribution is -2.40. The van der Waals surface area contributed by atoms with Gasteiger partial charge in [-0.2, -0.15) is 4.31 Å². The predicted octanol–water partition coefficient (Wildman–Crippen LogP) is 4.95. The van der Waals surface area contributed by atoms with E-state index in [-0.39, 0.29) is 6.04 Å². The molecule has 0 saturated carbocycles. The van der Waals surface area contributed by atoms with Crippen LogP contribution < -0.4 is 0 Å². The van der Waals surface area contributed by atoms with Crippen LogP contribution in [0.15, 0.2) is 71.6 Å². The van der Waals surface area contributed by atoms with E-state index in [1.54, 1.807) is 16.4 Å². The van der Waals surface area contributed by atoms with Crippen molar-refractivity contribution in [2.45, 2.75) is 38.1 Å². The average Bonchev–Trinajstić information content (AvgIpc) is 2.67. The fraction of sp³-hybridized carbons (Fsp3) is 0.250. The first-order valence-electron chi connectivity index (χ1n) is 9.61. The van der Waals surface area contributed by atoms with Crippen LogP contribution >= 0.6 is 0 Å². The summed E-state index contributed by atoms with van der Waals surface area (Å²) in [5, 5.41) is 0. The molecule has 3 aromatic carbocycles. The Labute approximate surface area is 167 Å². The Balaban J connectivity index is 1.89. The topological polar surface area (TPSA) is 37.4 Å². The second-order valence-corrected chi connectivity index (χ2v) is 9.59. The maximum atomic E-state index is 13.6. The monoisotopic (exact) mass is 391 g/mol. The van der Waals surface area contributed by atoms with Crippen molar-refractivity contribution in [3.05, 3.63) is 100 Å². The van der Waals surface area contributed by atoms with Gasteiger partial charge in [0.15, 0.2) is 0 Å². The van der Waals surface area contributed by atoms with Gasteiger partial charge in [-0.05, 0) is 56.0 Å². The van der Waals surface area contributed by atoms with Gasteiger partial charge in [0.2, 0.25) is 10.0 Å². The Morgan fingerprint density at radius 3 is 2.21 bits per heavy atom. The second-order valence-electron chi connectivity index (χ2n) is 7.70. The molecular weight excluding hydrogens is 366 g/mol. The van der Waals surface area contributed by atoms with E-state index in [1.807, 2.05) is 44.2 Å². The molecule has 144 valence electrons. The van der Waals surface area contributed by atoms with Gasteiger partial charge in [0, 0.05) is 6.54 Å². The van der Waals surface area contributed by atoms with Gasteiger partial charge in [-0.25, -0.2) is 8.42 Å². The molecule has 1 aliphatic rings. The molecule has 1 unspecified atom stereocenters. The summed E-state index contributed by atoms with van der Waals surface area (Å²) in [4.78, 5) is 0.354. The number of sulfonamides is 1. The van der Waals surface area contributed by atoms with Crippen LogP contribution in [0.2, 0.25) is 0 Å². The molecule has 0 saturated heterocycles. The summed E-state index contributed by atoms with van der Waals surface area (Å²) in [6, 6.07) is 21.4. The van der Waals surface area contributed by atoms with Crippen LogP contribution in [0.4, 0.5) is 0 Å². The minimum atomic E-state index is -3.61. The standard InChI is InChI=1S/C24H25NO2S/c1-17-8-11-22(12-9-17)28(26,27)25-14-13-20-10-7-19(3)16-23(20)24(25)21-6-4-5-18(2)15-21/h4-12,15-16,24H,13-14H2,1-3H3. The summed E-state index contributed by atoms with van der Waals surface area (Å²) < 4.78 is 28.9. The first-order valence-corrected chi connectivity index (χ1v) is 11.0. The van der Waals surface area contributed by atoms with Crippen LogP contribution in [0, 0.1) is 20.8 Å². The van der Waals surface area contributed by atoms with Gasteiger partial charge in [0.1, 0.15) is 0 Å². The van der Waals surface area contributed by atoms with E-state index in [1.165, 1.54) is 5.56 Å². The smallest absolute Gasteiger partial charge is 0.207 e. The number of benzene rings is 3. The molecule has 0 fully saturated rings. The molecule has 0 radical (unpaired) electrons. The van der Waals surface area contributed by atoms with Crippen LogP contribution in [0.25, 0.3) is 0 Å². The molecule has 0 spiro atoms. The first kappa shape index (κ1) is 18.9. The molecule has 0 aliphatic carbocycles. The quantitative estimate of drug-likeness (QED) is 0.634. The van der Waals surface area contributed by atoms with Crippen molar-refractivity contribution in [3.8, 4) is 0 Å². The van der Waals surface area contributed by atoms with E-state index in [4.69, 9.17) is 0 Å². The number of aryl methyl sites for hydroxylation is 3. The van der Waals surface area contributed by atoms with E-state index < -0.39 is 10.0 Å². The highest BCUT2D eigenvalue weighted by atomic mass is 32.2. The molecule has 3 nitrogen and oxygen atoms in total. The lowest BCUT2D eigenvalue weighted by Gasteiger charge is -2.37. The van der Waals surface area contributed by atoms with Crippen LogP contribution in [0.3, 0.4) is 0 Å². The van der Waals surface area contributed by atoms with Crippen LogP contribution in [-0.2, 0) is 16.4 Å². The lowest BCUT2D eigenvalue weighted by molar-refractivity contribution is 0.344. The summed E-state index contributed by atoms with van der Waals surface area (Å²) in [7, 11) is -3.61. The van der Waals surface area contributed by atoms with Crippen molar-refractivity contribution < 1.29 is 8.42 Å². The Hall–Kier alpha value is -2.43. The highest BCUT2D eigenvalue weighted by Crippen LogP contribution is 2.39. The number of hydrogen-bond donors (Lipinski definition) is 0. The Bertz CT molecular complexity index is 1120. The van der Waals surface area contributed by atoms with Crippen molar-refractivity contribution in [1.29, 1.82) is 0 Å². The summed E-state index contributed by atoms with van der Waals surface area (Å²) in [6.45, 7) is 6.54. The van der Waals surface area contributed by atoms with Gasteiger partial charge in [-0.3, -0.25) is 0 Å². The number of rotatable bonds is 3. The van der Waals surface area contributed by atoms with Gasteiger partial charge in [0.25, 0.3) is 0 Å². The molecule has 4 heteroatoms. The molecule has 3 aromatic rings. The van der Waals surface area contributed by atoms with Crippen LogP contribution in [-0.4, -0.2) is 19.3 Å². The molecule has 1 atom stereocenters. The van der Waals surface area contributed by atoms with Crippen molar-refractivity contribution >= 4 is 10.0 Å². The molecule has 28 heavy (non-hydrogen) atoms. The third kappa shape index (κ3) is 3.38. The maximum Gasteiger partial charge on any atom is 0.243 e. The van der Waals surface area contributed by atoms with Crippen molar-refractivity contribution in [3.63, 3.8) is 0 Å². The van der Waals surface area contributed by atoms with Gasteiger partial charge < -0.3 is 0 Å². The molecule has 0 N–H and O–H groups in total. The van der Waals surface area contributed by atoms with Crippen LogP contribution in [0.1, 0.15) is 39.4 Å². The van der Waals surface area contributed by atoms with Crippen molar-refractivity contribution in [2.75, 3.05) is 6.54 Å². The second kappa shape index (κ2) is 7.19. The van der Waals surface area contributed by atoms with Gasteiger partial charge >= 0.3 is 0 Å². The Morgan fingerprint density at radius 2 is 1.50 bits per heavy atom. The fourth-order valence-corrected chi connectivity index (χ4v) is 5.60. The molecular formula is C24H25NO2S. The molecule has 1 aliphatic heterocycles. The summed E-state index contributed by atoms with van der Waals surface area (Å²) >= 11 is 0. The molecule has 1 heterocycles. The fourth-order valence-electron chi connectivity index (χ4n) is 4.00. The van der Waals surface area contributed by atoms with E-state index in [0.717, 1.165) is 34.2 Å². The van der Waals surface area contributed by atoms with Crippen molar-refractivity contribution in [2.24, 2.45) is 0 Å². The van der Waals surface area contributed by atoms with E-state index in [0.29, 0.717) is 11.4 Å². The highest BCUT2D eigenvalue weighted by molar-refractivity contribution is 7.89. The number of hydrogen-bond acceptors (Lipinski definition) is 2. The molecule has 0 aromatic heterocycles. The minimum absolute atomic E-state index is 0.310. The van der Waals surface area contributed by atoms with Crippen LogP contribution in [0.5, 0.6) is 0 Å². The highest BCUT2D eigenvalue weighted by Gasteiger charge is 2.37. The van der Waals surface area contributed by atoms with E-state index in [9.17, 15) is 8.42 Å². The zero-order valence-electron chi connectivity index (χ0n) is 16.5. The average molecular weight is 392 g/mol. The largest absolute Gasteiger partial charge is 0.243 e. The Kier molecular flexibility index (Phi) is 4.86. The normalized spacial score (nSPS) is 17.3.